The first-order valence-electron chi connectivity index (χ1n) is 11.2. The maximum absolute atomic E-state index is 13.6. The molecule has 1 aliphatic rings. The molecule has 0 atom stereocenters. The molecule has 0 bridgehead atoms. The lowest BCUT2D eigenvalue weighted by atomic mass is 9.98. The average molecular weight is 478 g/mol. The summed E-state index contributed by atoms with van der Waals surface area (Å²) in [5, 5.41) is 9.39. The van der Waals surface area contributed by atoms with Gasteiger partial charge in [0.15, 0.2) is 5.96 Å². The van der Waals surface area contributed by atoms with Crippen molar-refractivity contribution in [1.29, 1.82) is 0 Å². The lowest BCUT2D eigenvalue weighted by Crippen LogP contribution is -2.33. The van der Waals surface area contributed by atoms with Gasteiger partial charge < -0.3 is 25.4 Å². The van der Waals surface area contributed by atoms with Gasteiger partial charge in [0.2, 0.25) is 5.95 Å². The predicted molar refractivity (Wildman–Crippen MR) is 132 cm³/mol. The van der Waals surface area contributed by atoms with Crippen LogP contribution >= 0.6 is 0 Å². The number of aromatic nitrogens is 1. The van der Waals surface area contributed by atoms with E-state index in [9.17, 15) is 9.18 Å². The smallest absolute Gasteiger partial charge is 0.251 e. The van der Waals surface area contributed by atoms with E-state index in [0.29, 0.717) is 35.8 Å². The molecule has 182 valence electrons. The SMILES string of the molecule is COc1cc(CNC(=O)c2cc(CNC3=NCCN3)cc(-c3ccc(F)nc3C)c2)cc(OC)c1. The van der Waals surface area contributed by atoms with Crippen LogP contribution in [0.5, 0.6) is 11.5 Å². The zero-order chi connectivity index (χ0) is 24.8. The van der Waals surface area contributed by atoms with Crippen LogP contribution in [-0.2, 0) is 13.1 Å². The fourth-order valence-electron chi connectivity index (χ4n) is 3.87. The van der Waals surface area contributed by atoms with Crippen molar-refractivity contribution in [1.82, 2.24) is 20.9 Å². The number of pyridine rings is 1. The molecular formula is C26H28FN5O3. The average Bonchev–Trinajstić information content (AvgIpc) is 3.39. The highest BCUT2D eigenvalue weighted by molar-refractivity contribution is 5.96. The van der Waals surface area contributed by atoms with E-state index in [4.69, 9.17) is 9.47 Å². The van der Waals surface area contributed by atoms with E-state index < -0.39 is 5.95 Å². The highest BCUT2D eigenvalue weighted by Crippen LogP contribution is 2.26. The van der Waals surface area contributed by atoms with Gasteiger partial charge in [0, 0.05) is 42.5 Å². The Balaban J connectivity index is 1.59. The van der Waals surface area contributed by atoms with Crippen LogP contribution in [0, 0.1) is 12.9 Å². The van der Waals surface area contributed by atoms with E-state index >= 15 is 0 Å². The van der Waals surface area contributed by atoms with Gasteiger partial charge in [0.05, 0.1) is 20.8 Å². The summed E-state index contributed by atoms with van der Waals surface area (Å²) in [6.45, 7) is 4.04. The number of hydrogen-bond acceptors (Lipinski definition) is 7. The van der Waals surface area contributed by atoms with E-state index in [1.807, 2.05) is 24.3 Å². The van der Waals surface area contributed by atoms with Crippen LogP contribution in [0.2, 0.25) is 0 Å². The van der Waals surface area contributed by atoms with Crippen LogP contribution in [0.1, 0.15) is 27.2 Å². The highest BCUT2D eigenvalue weighted by atomic mass is 19.1. The van der Waals surface area contributed by atoms with E-state index in [1.165, 1.54) is 6.07 Å². The monoisotopic (exact) mass is 477 g/mol. The molecule has 0 spiro atoms. The number of methoxy groups -OCH3 is 2. The summed E-state index contributed by atoms with van der Waals surface area (Å²) in [5.74, 6) is 1.24. The number of halogens is 1. The third kappa shape index (κ3) is 6.06. The van der Waals surface area contributed by atoms with Crippen molar-refractivity contribution in [2.45, 2.75) is 20.0 Å². The van der Waals surface area contributed by atoms with Gasteiger partial charge in [-0.15, -0.1) is 0 Å². The van der Waals surface area contributed by atoms with E-state index in [-0.39, 0.29) is 5.91 Å². The Morgan fingerprint density at radius 1 is 1.03 bits per heavy atom. The molecule has 0 saturated heterocycles. The molecule has 4 rings (SSSR count). The third-order valence-electron chi connectivity index (χ3n) is 5.62. The van der Waals surface area contributed by atoms with Gasteiger partial charge in [0.25, 0.3) is 5.91 Å². The number of guanidine groups is 1. The van der Waals surface area contributed by atoms with Gasteiger partial charge in [0.1, 0.15) is 11.5 Å². The Morgan fingerprint density at radius 2 is 1.77 bits per heavy atom. The van der Waals surface area contributed by atoms with Crippen molar-refractivity contribution in [3.05, 3.63) is 76.9 Å². The molecule has 0 aliphatic carbocycles. The first-order valence-corrected chi connectivity index (χ1v) is 11.2. The van der Waals surface area contributed by atoms with Crippen molar-refractivity contribution in [2.24, 2.45) is 4.99 Å². The second-order valence-electron chi connectivity index (χ2n) is 8.10. The Labute approximate surface area is 203 Å². The first kappa shape index (κ1) is 24.0. The van der Waals surface area contributed by atoms with Gasteiger partial charge in [-0.1, -0.05) is 0 Å². The van der Waals surface area contributed by atoms with Crippen LogP contribution in [-0.4, -0.2) is 44.2 Å². The number of rotatable bonds is 8. The number of hydrogen-bond donors (Lipinski definition) is 3. The molecule has 9 heteroatoms. The Bertz CT molecular complexity index is 1240. The standard InChI is InChI=1S/C26H28FN5O3/c1-16-23(4-5-24(27)32-16)19-8-17(15-31-26-28-6-7-29-26)9-20(12-19)25(33)30-14-18-10-21(34-2)13-22(11-18)35-3/h4-5,8-13H,6-7,14-15H2,1-3H3,(H,30,33)(H2,28,29,31). The molecule has 2 heterocycles. The number of ether oxygens (including phenoxy) is 2. The topological polar surface area (TPSA) is 96.9 Å². The predicted octanol–water partition coefficient (Wildman–Crippen LogP) is 3.19. The Morgan fingerprint density at radius 3 is 2.43 bits per heavy atom. The number of carbonyl (C=O) groups excluding carboxylic acids is 1. The summed E-state index contributed by atoms with van der Waals surface area (Å²) in [4.78, 5) is 21.4. The van der Waals surface area contributed by atoms with Crippen molar-refractivity contribution in [3.8, 4) is 22.6 Å². The number of aryl methyl sites for hydroxylation is 1. The molecule has 0 unspecified atom stereocenters. The summed E-state index contributed by atoms with van der Waals surface area (Å²) in [6.07, 6.45) is 0. The summed E-state index contributed by atoms with van der Waals surface area (Å²) in [5.41, 5.74) is 4.30. The quantitative estimate of drug-likeness (QED) is 0.431. The minimum atomic E-state index is -0.541. The minimum Gasteiger partial charge on any atom is -0.497 e. The lowest BCUT2D eigenvalue weighted by Gasteiger charge is -2.14. The minimum absolute atomic E-state index is 0.237. The zero-order valence-corrected chi connectivity index (χ0v) is 19.9. The molecule has 1 amide bonds. The molecular weight excluding hydrogens is 449 g/mol. The van der Waals surface area contributed by atoms with Crippen molar-refractivity contribution in [3.63, 3.8) is 0 Å². The van der Waals surface area contributed by atoms with E-state index in [0.717, 1.165) is 41.3 Å². The third-order valence-corrected chi connectivity index (χ3v) is 5.62. The summed E-state index contributed by atoms with van der Waals surface area (Å²) in [6, 6.07) is 14.1. The number of nitrogens with one attached hydrogen (secondary N) is 3. The number of benzene rings is 2. The normalized spacial score (nSPS) is 12.5. The Hall–Kier alpha value is -4.14. The molecule has 2 aromatic carbocycles. The molecule has 35 heavy (non-hydrogen) atoms. The van der Waals surface area contributed by atoms with Crippen LogP contribution in [0.25, 0.3) is 11.1 Å². The molecule has 0 saturated carbocycles. The summed E-state index contributed by atoms with van der Waals surface area (Å²) < 4.78 is 24.2. The van der Waals surface area contributed by atoms with Crippen LogP contribution in [0.15, 0.2) is 53.5 Å². The molecule has 1 aromatic heterocycles. The number of nitrogens with zero attached hydrogens (tertiary/aromatic N) is 2. The molecule has 0 fully saturated rings. The molecule has 8 nitrogen and oxygen atoms in total. The Kier molecular flexibility index (Phi) is 7.45. The summed E-state index contributed by atoms with van der Waals surface area (Å²) >= 11 is 0. The van der Waals surface area contributed by atoms with E-state index in [2.05, 4.69) is 25.9 Å². The molecule has 0 radical (unpaired) electrons. The van der Waals surface area contributed by atoms with Gasteiger partial charge in [-0.3, -0.25) is 9.79 Å². The second kappa shape index (κ2) is 10.9. The van der Waals surface area contributed by atoms with Crippen molar-refractivity contribution in [2.75, 3.05) is 27.3 Å². The van der Waals surface area contributed by atoms with Gasteiger partial charge in [-0.05, 0) is 66.1 Å². The maximum Gasteiger partial charge on any atom is 0.251 e. The van der Waals surface area contributed by atoms with Gasteiger partial charge >= 0.3 is 0 Å². The second-order valence-corrected chi connectivity index (χ2v) is 8.10. The van der Waals surface area contributed by atoms with E-state index in [1.54, 1.807) is 39.3 Å². The number of aliphatic imine (C=N–C) groups is 1. The number of carbonyl (C=O) groups is 1. The lowest BCUT2D eigenvalue weighted by molar-refractivity contribution is 0.0950. The zero-order valence-electron chi connectivity index (χ0n) is 19.9. The van der Waals surface area contributed by atoms with Crippen LogP contribution < -0.4 is 25.4 Å². The van der Waals surface area contributed by atoms with Crippen LogP contribution in [0.3, 0.4) is 0 Å². The van der Waals surface area contributed by atoms with Gasteiger partial charge in [-0.25, -0.2) is 4.98 Å². The van der Waals surface area contributed by atoms with Crippen LogP contribution in [0.4, 0.5) is 4.39 Å². The fraction of sp³-hybridized carbons (Fsp3) is 0.269. The van der Waals surface area contributed by atoms with Gasteiger partial charge in [-0.2, -0.15) is 4.39 Å². The first-order chi connectivity index (χ1) is 16.9. The molecule has 1 aliphatic heterocycles. The highest BCUT2D eigenvalue weighted by Gasteiger charge is 2.14. The fourth-order valence-corrected chi connectivity index (χ4v) is 3.87. The maximum atomic E-state index is 13.6. The largest absolute Gasteiger partial charge is 0.497 e. The summed E-state index contributed by atoms with van der Waals surface area (Å²) in [7, 11) is 3.16. The number of amides is 1. The molecule has 3 aromatic rings. The molecule has 3 N–H and O–H groups in total. The van der Waals surface area contributed by atoms with Crippen molar-refractivity contribution >= 4 is 11.9 Å². The van der Waals surface area contributed by atoms with Crippen molar-refractivity contribution < 1.29 is 18.7 Å².